The molecule has 1 atom stereocenters. The lowest BCUT2D eigenvalue weighted by atomic mass is 9.97. The number of nitrogens with zero attached hydrogens (tertiary/aromatic N) is 1. The fourth-order valence-electron chi connectivity index (χ4n) is 2.16. The highest BCUT2D eigenvalue weighted by Crippen LogP contribution is 2.21. The molecule has 0 amide bonds. The molecule has 0 radical (unpaired) electrons. The molecule has 1 aliphatic heterocycles. The number of nitrogens with one attached hydrogen (secondary N) is 1. The third-order valence-electron chi connectivity index (χ3n) is 3.16. The minimum absolute atomic E-state index is 0.384. The molecule has 0 bridgehead atoms. The minimum Gasteiger partial charge on any atom is -0.379 e. The summed E-state index contributed by atoms with van der Waals surface area (Å²) in [4.78, 5) is 0. The van der Waals surface area contributed by atoms with Crippen molar-refractivity contribution in [3.05, 3.63) is 35.9 Å². The highest BCUT2D eigenvalue weighted by Gasteiger charge is 2.19. The summed E-state index contributed by atoms with van der Waals surface area (Å²) in [5.41, 5.74) is 4.98. The molecule has 0 spiro atoms. The molecule has 3 nitrogen and oxygen atoms in total. The molecule has 1 heterocycles. The second-order valence-corrected chi connectivity index (χ2v) is 4.86. The SMILES string of the molecule is CC(C)C(NN1CCOCC1)c1ccccc1. The number of benzene rings is 1. The van der Waals surface area contributed by atoms with Gasteiger partial charge >= 0.3 is 0 Å². The minimum atomic E-state index is 0.384. The maximum atomic E-state index is 5.37. The Morgan fingerprint density at radius 3 is 2.35 bits per heavy atom. The number of hydrogen-bond donors (Lipinski definition) is 1. The van der Waals surface area contributed by atoms with Gasteiger partial charge in [-0.1, -0.05) is 44.2 Å². The lowest BCUT2D eigenvalue weighted by Crippen LogP contribution is -2.48. The number of rotatable bonds is 4. The maximum Gasteiger partial charge on any atom is 0.0608 e. The Balaban J connectivity index is 2.02. The molecule has 1 fully saturated rings. The highest BCUT2D eigenvalue weighted by atomic mass is 16.5. The monoisotopic (exact) mass is 234 g/mol. The van der Waals surface area contributed by atoms with Crippen molar-refractivity contribution in [2.45, 2.75) is 19.9 Å². The molecule has 0 aromatic heterocycles. The van der Waals surface area contributed by atoms with Crippen molar-refractivity contribution in [1.29, 1.82) is 0 Å². The van der Waals surface area contributed by atoms with E-state index in [1.807, 2.05) is 0 Å². The zero-order valence-electron chi connectivity index (χ0n) is 10.7. The van der Waals surface area contributed by atoms with Gasteiger partial charge < -0.3 is 4.74 Å². The van der Waals surface area contributed by atoms with Crippen molar-refractivity contribution in [2.24, 2.45) is 5.92 Å². The Bertz CT molecular complexity index is 320. The Morgan fingerprint density at radius 1 is 1.12 bits per heavy atom. The van der Waals surface area contributed by atoms with Crippen LogP contribution >= 0.6 is 0 Å². The van der Waals surface area contributed by atoms with Crippen molar-refractivity contribution in [3.63, 3.8) is 0 Å². The average molecular weight is 234 g/mol. The molecule has 17 heavy (non-hydrogen) atoms. The predicted octanol–water partition coefficient (Wildman–Crippen LogP) is 2.22. The van der Waals surface area contributed by atoms with Crippen molar-refractivity contribution >= 4 is 0 Å². The van der Waals surface area contributed by atoms with Gasteiger partial charge in [-0.3, -0.25) is 0 Å². The van der Waals surface area contributed by atoms with Gasteiger partial charge in [0.2, 0.25) is 0 Å². The van der Waals surface area contributed by atoms with E-state index in [0.717, 1.165) is 26.3 Å². The predicted molar refractivity (Wildman–Crippen MR) is 69.5 cm³/mol. The molecule has 0 saturated carbocycles. The van der Waals surface area contributed by atoms with Crippen LogP contribution in [0.5, 0.6) is 0 Å². The molecule has 1 aromatic rings. The van der Waals surface area contributed by atoms with E-state index in [1.165, 1.54) is 5.56 Å². The average Bonchev–Trinajstić information content (AvgIpc) is 2.38. The van der Waals surface area contributed by atoms with E-state index in [9.17, 15) is 0 Å². The van der Waals surface area contributed by atoms with Gasteiger partial charge in [0.25, 0.3) is 0 Å². The first-order valence-electron chi connectivity index (χ1n) is 6.41. The quantitative estimate of drug-likeness (QED) is 0.864. The molecule has 1 saturated heterocycles. The van der Waals surface area contributed by atoms with E-state index in [1.54, 1.807) is 0 Å². The normalized spacial score (nSPS) is 19.5. The molecular weight excluding hydrogens is 212 g/mol. The van der Waals surface area contributed by atoms with E-state index in [2.05, 4.69) is 54.6 Å². The summed E-state index contributed by atoms with van der Waals surface area (Å²) >= 11 is 0. The number of morpholine rings is 1. The molecule has 0 aliphatic carbocycles. The van der Waals surface area contributed by atoms with Crippen LogP contribution in [0.15, 0.2) is 30.3 Å². The van der Waals surface area contributed by atoms with Gasteiger partial charge in [0.1, 0.15) is 0 Å². The van der Waals surface area contributed by atoms with Gasteiger partial charge in [-0.15, -0.1) is 0 Å². The van der Waals surface area contributed by atoms with Crippen LogP contribution in [0.1, 0.15) is 25.5 Å². The van der Waals surface area contributed by atoms with E-state index in [-0.39, 0.29) is 0 Å². The van der Waals surface area contributed by atoms with Crippen LogP contribution in [0.4, 0.5) is 0 Å². The standard InChI is InChI=1S/C14H22N2O/c1-12(2)14(13-6-4-3-5-7-13)15-16-8-10-17-11-9-16/h3-7,12,14-15H,8-11H2,1-2H3. The van der Waals surface area contributed by atoms with Gasteiger partial charge in [0.05, 0.1) is 13.2 Å². The molecule has 1 N–H and O–H groups in total. The smallest absolute Gasteiger partial charge is 0.0608 e. The Labute approximate surface area is 104 Å². The molecule has 94 valence electrons. The Hall–Kier alpha value is -0.900. The van der Waals surface area contributed by atoms with Gasteiger partial charge in [-0.25, -0.2) is 10.4 Å². The topological polar surface area (TPSA) is 24.5 Å². The largest absolute Gasteiger partial charge is 0.379 e. The summed E-state index contributed by atoms with van der Waals surface area (Å²) in [6.07, 6.45) is 0. The van der Waals surface area contributed by atoms with Crippen LogP contribution in [0.25, 0.3) is 0 Å². The van der Waals surface area contributed by atoms with Gasteiger partial charge in [0, 0.05) is 19.1 Å². The summed E-state index contributed by atoms with van der Waals surface area (Å²) < 4.78 is 5.37. The molecular formula is C14H22N2O. The summed E-state index contributed by atoms with van der Waals surface area (Å²) in [7, 11) is 0. The Morgan fingerprint density at radius 2 is 1.76 bits per heavy atom. The summed E-state index contributed by atoms with van der Waals surface area (Å²) in [6.45, 7) is 8.10. The van der Waals surface area contributed by atoms with E-state index >= 15 is 0 Å². The van der Waals surface area contributed by atoms with Crippen LogP contribution in [0.3, 0.4) is 0 Å². The van der Waals surface area contributed by atoms with Crippen LogP contribution in [0.2, 0.25) is 0 Å². The maximum absolute atomic E-state index is 5.37. The highest BCUT2D eigenvalue weighted by molar-refractivity contribution is 5.19. The first-order valence-corrected chi connectivity index (χ1v) is 6.41. The van der Waals surface area contributed by atoms with Crippen molar-refractivity contribution < 1.29 is 4.74 Å². The van der Waals surface area contributed by atoms with Crippen molar-refractivity contribution in [3.8, 4) is 0 Å². The number of hydrogen-bond acceptors (Lipinski definition) is 3. The Kier molecular flexibility index (Phi) is 4.54. The van der Waals surface area contributed by atoms with Crippen molar-refractivity contribution in [2.75, 3.05) is 26.3 Å². The van der Waals surface area contributed by atoms with Crippen LogP contribution in [0, 0.1) is 5.92 Å². The van der Waals surface area contributed by atoms with E-state index in [4.69, 9.17) is 4.74 Å². The van der Waals surface area contributed by atoms with Gasteiger partial charge in [-0.2, -0.15) is 0 Å². The number of ether oxygens (including phenoxy) is 1. The number of hydrazine groups is 1. The molecule has 1 aliphatic rings. The second kappa shape index (κ2) is 6.15. The fraction of sp³-hybridized carbons (Fsp3) is 0.571. The lowest BCUT2D eigenvalue weighted by Gasteiger charge is -2.33. The third kappa shape index (κ3) is 3.53. The first kappa shape index (κ1) is 12.6. The van der Waals surface area contributed by atoms with Gasteiger partial charge in [-0.05, 0) is 11.5 Å². The second-order valence-electron chi connectivity index (χ2n) is 4.86. The zero-order valence-corrected chi connectivity index (χ0v) is 10.7. The summed E-state index contributed by atoms with van der Waals surface area (Å²) in [5.74, 6) is 0.570. The summed E-state index contributed by atoms with van der Waals surface area (Å²) in [5, 5.41) is 2.28. The van der Waals surface area contributed by atoms with Crippen molar-refractivity contribution in [1.82, 2.24) is 10.4 Å². The van der Waals surface area contributed by atoms with E-state index in [0.29, 0.717) is 12.0 Å². The molecule has 1 unspecified atom stereocenters. The molecule has 3 heteroatoms. The lowest BCUT2D eigenvalue weighted by molar-refractivity contribution is -0.000924. The fourth-order valence-corrected chi connectivity index (χ4v) is 2.16. The van der Waals surface area contributed by atoms with E-state index < -0.39 is 0 Å². The first-order chi connectivity index (χ1) is 8.27. The molecule has 2 rings (SSSR count). The van der Waals surface area contributed by atoms with Crippen LogP contribution < -0.4 is 5.43 Å². The molecule has 1 aromatic carbocycles. The summed E-state index contributed by atoms with van der Waals surface area (Å²) in [6, 6.07) is 11.0. The van der Waals surface area contributed by atoms with Crippen LogP contribution in [-0.4, -0.2) is 31.3 Å². The zero-order chi connectivity index (χ0) is 12.1. The van der Waals surface area contributed by atoms with Crippen LogP contribution in [-0.2, 0) is 4.74 Å². The third-order valence-corrected chi connectivity index (χ3v) is 3.16. The van der Waals surface area contributed by atoms with Gasteiger partial charge in [0.15, 0.2) is 0 Å².